The van der Waals surface area contributed by atoms with Gasteiger partial charge in [-0.3, -0.25) is 5.10 Å². The van der Waals surface area contributed by atoms with Crippen molar-refractivity contribution in [3.8, 4) is 0 Å². The number of H-pyrrole nitrogens is 1. The molecule has 0 saturated heterocycles. The number of thiazole rings is 1. The smallest absolute Gasteiger partial charge is 0.186 e. The number of anilines is 1. The van der Waals surface area contributed by atoms with E-state index in [1.54, 1.807) is 16.0 Å². The molecule has 0 spiro atoms. The monoisotopic (exact) mass is 277 g/mol. The van der Waals surface area contributed by atoms with Crippen LogP contribution in [0.3, 0.4) is 0 Å². The van der Waals surface area contributed by atoms with E-state index in [1.165, 1.54) is 0 Å². The average Bonchev–Trinajstić information content (AvgIpc) is 3.00. The molecule has 3 aromatic heterocycles. The number of aryl methyl sites for hydroxylation is 3. The van der Waals surface area contributed by atoms with E-state index < -0.39 is 0 Å². The highest BCUT2D eigenvalue weighted by molar-refractivity contribution is 7.22. The Morgan fingerprint density at radius 3 is 2.74 bits per heavy atom. The van der Waals surface area contributed by atoms with Gasteiger partial charge < -0.3 is 5.32 Å². The van der Waals surface area contributed by atoms with Crippen molar-refractivity contribution in [3.05, 3.63) is 17.3 Å². The maximum Gasteiger partial charge on any atom is 0.186 e. The van der Waals surface area contributed by atoms with Crippen LogP contribution in [0.4, 0.5) is 5.13 Å². The van der Waals surface area contributed by atoms with Crippen LogP contribution in [0.15, 0.2) is 0 Å². The third-order valence-electron chi connectivity index (χ3n) is 2.89. The minimum Gasteiger partial charge on any atom is -0.352 e. The highest BCUT2D eigenvalue weighted by atomic mass is 32.1. The van der Waals surface area contributed by atoms with Crippen molar-refractivity contribution in [1.82, 2.24) is 29.9 Å². The van der Waals surface area contributed by atoms with Gasteiger partial charge in [0.1, 0.15) is 5.82 Å². The summed E-state index contributed by atoms with van der Waals surface area (Å²) in [7, 11) is 1.90. The highest BCUT2D eigenvalue weighted by Crippen LogP contribution is 2.29. The second-order valence-electron chi connectivity index (χ2n) is 4.53. The summed E-state index contributed by atoms with van der Waals surface area (Å²) in [6.07, 6.45) is 0. The molecule has 0 aliphatic carbocycles. The Morgan fingerprint density at radius 2 is 2.11 bits per heavy atom. The summed E-state index contributed by atoms with van der Waals surface area (Å²) in [6.45, 7) is 5.89. The van der Waals surface area contributed by atoms with E-state index in [4.69, 9.17) is 0 Å². The Labute approximate surface area is 114 Å². The van der Waals surface area contributed by atoms with Gasteiger partial charge in [0.25, 0.3) is 0 Å². The predicted molar refractivity (Wildman–Crippen MR) is 74.3 cm³/mol. The fourth-order valence-electron chi connectivity index (χ4n) is 1.95. The van der Waals surface area contributed by atoms with Crippen LogP contribution in [0.1, 0.15) is 30.3 Å². The molecule has 3 rings (SSSR count). The van der Waals surface area contributed by atoms with Crippen LogP contribution in [-0.2, 0) is 7.05 Å². The maximum absolute atomic E-state index is 4.55. The average molecular weight is 277 g/mol. The first-order valence-electron chi connectivity index (χ1n) is 6.00. The van der Waals surface area contributed by atoms with Gasteiger partial charge in [-0.05, 0) is 20.8 Å². The fourth-order valence-corrected chi connectivity index (χ4v) is 2.97. The lowest BCUT2D eigenvalue weighted by molar-refractivity contribution is 0.770. The summed E-state index contributed by atoms with van der Waals surface area (Å²) in [4.78, 5) is 8.86. The molecular formula is C11H15N7S. The van der Waals surface area contributed by atoms with Gasteiger partial charge in [-0.2, -0.15) is 10.2 Å². The van der Waals surface area contributed by atoms with Crippen molar-refractivity contribution < 1.29 is 0 Å². The molecule has 3 heterocycles. The van der Waals surface area contributed by atoms with Crippen LogP contribution in [0, 0.1) is 13.8 Å². The van der Waals surface area contributed by atoms with Gasteiger partial charge in [-0.15, -0.1) is 0 Å². The molecule has 0 bridgehead atoms. The summed E-state index contributed by atoms with van der Waals surface area (Å²) in [5.74, 6) is 1.56. The van der Waals surface area contributed by atoms with E-state index in [1.807, 2.05) is 27.8 Å². The van der Waals surface area contributed by atoms with Crippen LogP contribution in [0.5, 0.6) is 0 Å². The predicted octanol–water partition coefficient (Wildman–Crippen LogP) is 1.94. The van der Waals surface area contributed by atoms with Crippen molar-refractivity contribution in [3.63, 3.8) is 0 Å². The summed E-state index contributed by atoms with van der Waals surface area (Å²) in [5.41, 5.74) is 1.91. The zero-order valence-corrected chi connectivity index (χ0v) is 12.0. The van der Waals surface area contributed by atoms with Crippen LogP contribution in [0.25, 0.3) is 10.3 Å². The SMILES string of the molecule is Cc1nc([C@H](C)Nc2nc3c(s2)c(C)nn3C)n[nH]1. The van der Waals surface area contributed by atoms with Crippen molar-refractivity contribution in [2.45, 2.75) is 26.8 Å². The lowest BCUT2D eigenvalue weighted by Gasteiger charge is -2.07. The minimum atomic E-state index is 0.0128. The van der Waals surface area contributed by atoms with E-state index in [0.717, 1.165) is 32.8 Å². The van der Waals surface area contributed by atoms with E-state index in [0.29, 0.717) is 0 Å². The third kappa shape index (κ3) is 2.07. The Bertz CT molecular complexity index is 688. The molecule has 0 aliphatic heterocycles. The molecule has 2 N–H and O–H groups in total. The highest BCUT2D eigenvalue weighted by Gasteiger charge is 2.15. The molecule has 0 unspecified atom stereocenters. The van der Waals surface area contributed by atoms with E-state index in [9.17, 15) is 0 Å². The first kappa shape index (κ1) is 12.1. The zero-order chi connectivity index (χ0) is 13.6. The normalized spacial score (nSPS) is 13.1. The molecule has 3 aromatic rings. The number of rotatable bonds is 3. The number of aromatic amines is 1. The van der Waals surface area contributed by atoms with Gasteiger partial charge in [-0.1, -0.05) is 11.3 Å². The summed E-state index contributed by atoms with van der Waals surface area (Å²) in [6, 6.07) is 0.0128. The number of hydrogen-bond acceptors (Lipinski definition) is 6. The molecule has 100 valence electrons. The largest absolute Gasteiger partial charge is 0.352 e. The summed E-state index contributed by atoms with van der Waals surface area (Å²) in [5, 5.41) is 15.5. The van der Waals surface area contributed by atoms with Crippen molar-refractivity contribution in [1.29, 1.82) is 0 Å². The molecule has 1 atom stereocenters. The second kappa shape index (κ2) is 4.30. The molecule has 0 aliphatic rings. The van der Waals surface area contributed by atoms with Gasteiger partial charge in [-0.25, -0.2) is 14.6 Å². The molecule has 0 amide bonds. The lowest BCUT2D eigenvalue weighted by atomic mass is 10.3. The molecule has 0 aromatic carbocycles. The first-order chi connectivity index (χ1) is 9.04. The van der Waals surface area contributed by atoms with Crippen LogP contribution in [-0.4, -0.2) is 29.9 Å². The van der Waals surface area contributed by atoms with E-state index in [2.05, 4.69) is 30.6 Å². The van der Waals surface area contributed by atoms with Crippen molar-refractivity contribution in [2.75, 3.05) is 5.32 Å². The van der Waals surface area contributed by atoms with E-state index in [-0.39, 0.29) is 6.04 Å². The minimum absolute atomic E-state index is 0.0128. The molecule has 0 saturated carbocycles. The standard InChI is InChI=1S/C11H15N7S/c1-5-8-10(18(4)17-5)14-11(19-8)12-6(2)9-13-7(3)15-16-9/h6H,1-4H3,(H,12,14)(H,13,15,16)/t6-/m0/s1. The number of nitrogens with one attached hydrogen (secondary N) is 2. The molecule has 19 heavy (non-hydrogen) atoms. The molecule has 8 heteroatoms. The Hall–Kier alpha value is -1.96. The number of fused-ring (bicyclic) bond motifs is 1. The summed E-state index contributed by atoms with van der Waals surface area (Å²) >= 11 is 1.60. The first-order valence-corrected chi connectivity index (χ1v) is 6.82. The Balaban J connectivity index is 1.87. The van der Waals surface area contributed by atoms with Crippen molar-refractivity contribution >= 4 is 26.8 Å². The maximum atomic E-state index is 4.55. The molecule has 7 nitrogen and oxygen atoms in total. The molecular weight excluding hydrogens is 262 g/mol. The third-order valence-corrected chi connectivity index (χ3v) is 3.97. The Kier molecular flexibility index (Phi) is 2.74. The quantitative estimate of drug-likeness (QED) is 0.764. The van der Waals surface area contributed by atoms with Gasteiger partial charge in [0.15, 0.2) is 16.6 Å². The molecule has 0 radical (unpaired) electrons. The Morgan fingerprint density at radius 1 is 1.32 bits per heavy atom. The zero-order valence-electron chi connectivity index (χ0n) is 11.2. The topological polar surface area (TPSA) is 84.3 Å². The number of aromatic nitrogens is 6. The van der Waals surface area contributed by atoms with Crippen molar-refractivity contribution in [2.24, 2.45) is 7.05 Å². The number of nitrogens with zero attached hydrogens (tertiary/aromatic N) is 5. The van der Waals surface area contributed by atoms with Crippen LogP contribution >= 0.6 is 11.3 Å². The van der Waals surface area contributed by atoms with Crippen LogP contribution < -0.4 is 5.32 Å². The number of hydrogen-bond donors (Lipinski definition) is 2. The van der Waals surface area contributed by atoms with Crippen LogP contribution in [0.2, 0.25) is 0 Å². The van der Waals surface area contributed by atoms with Gasteiger partial charge in [0.2, 0.25) is 0 Å². The summed E-state index contributed by atoms with van der Waals surface area (Å²) < 4.78 is 2.91. The van der Waals surface area contributed by atoms with Gasteiger partial charge in [0.05, 0.1) is 16.4 Å². The van der Waals surface area contributed by atoms with E-state index >= 15 is 0 Å². The van der Waals surface area contributed by atoms with Gasteiger partial charge in [0, 0.05) is 7.05 Å². The second-order valence-corrected chi connectivity index (χ2v) is 5.52. The lowest BCUT2D eigenvalue weighted by Crippen LogP contribution is -2.08. The van der Waals surface area contributed by atoms with Gasteiger partial charge >= 0.3 is 0 Å². The fraction of sp³-hybridized carbons (Fsp3) is 0.455. The molecule has 0 fully saturated rings.